The third kappa shape index (κ3) is 3.39. The van der Waals surface area contributed by atoms with E-state index >= 15 is 0 Å². The molecule has 0 aromatic rings. The van der Waals surface area contributed by atoms with Gasteiger partial charge >= 0.3 is 12.1 Å². The van der Waals surface area contributed by atoms with Gasteiger partial charge in [0.05, 0.1) is 19.1 Å². The number of nitrogens with zero attached hydrogens (tertiary/aromatic N) is 1. The van der Waals surface area contributed by atoms with E-state index in [2.05, 4.69) is 0 Å². The minimum absolute atomic E-state index is 0.00722. The molecule has 2 aliphatic rings. The Labute approximate surface area is 109 Å². The number of alkyl halides is 3. The summed E-state index contributed by atoms with van der Waals surface area (Å²) in [6.45, 7) is 0.839. The van der Waals surface area contributed by atoms with Crippen LogP contribution >= 0.6 is 0 Å². The SMILES string of the molecule is O=C(O)C1COCCN1C1CCCC(C(F)(F)F)C1. The van der Waals surface area contributed by atoms with E-state index in [1.807, 2.05) is 0 Å². The van der Waals surface area contributed by atoms with Gasteiger partial charge in [0.25, 0.3) is 0 Å². The van der Waals surface area contributed by atoms with Crippen LogP contribution in [0.15, 0.2) is 0 Å². The summed E-state index contributed by atoms with van der Waals surface area (Å²) < 4.78 is 43.4. The highest BCUT2D eigenvalue weighted by atomic mass is 19.4. The summed E-state index contributed by atoms with van der Waals surface area (Å²) >= 11 is 0. The predicted molar refractivity (Wildman–Crippen MR) is 60.7 cm³/mol. The monoisotopic (exact) mass is 281 g/mol. The van der Waals surface area contributed by atoms with Crippen molar-refractivity contribution in [2.75, 3.05) is 19.8 Å². The van der Waals surface area contributed by atoms with Crippen LogP contribution in [0.5, 0.6) is 0 Å². The number of morpholine rings is 1. The molecule has 1 heterocycles. The molecule has 1 N–H and O–H groups in total. The molecule has 1 aliphatic carbocycles. The fraction of sp³-hybridized carbons (Fsp3) is 0.917. The molecule has 110 valence electrons. The molecule has 0 radical (unpaired) electrons. The van der Waals surface area contributed by atoms with Gasteiger partial charge < -0.3 is 9.84 Å². The Balaban J connectivity index is 2.05. The molecular weight excluding hydrogens is 263 g/mol. The molecule has 0 aromatic carbocycles. The van der Waals surface area contributed by atoms with Crippen LogP contribution in [0.3, 0.4) is 0 Å². The Morgan fingerprint density at radius 3 is 2.68 bits per heavy atom. The number of hydrogen-bond donors (Lipinski definition) is 1. The first-order chi connectivity index (χ1) is 8.89. The second kappa shape index (κ2) is 5.66. The Kier molecular flexibility index (Phi) is 4.35. The molecule has 0 aromatic heterocycles. The molecule has 0 spiro atoms. The van der Waals surface area contributed by atoms with E-state index in [-0.39, 0.29) is 25.5 Å². The fourth-order valence-corrected chi connectivity index (χ4v) is 3.03. The van der Waals surface area contributed by atoms with Crippen LogP contribution in [0.25, 0.3) is 0 Å². The van der Waals surface area contributed by atoms with Gasteiger partial charge in [0.15, 0.2) is 0 Å². The number of halogens is 3. The summed E-state index contributed by atoms with van der Waals surface area (Å²) in [6, 6.07) is -1.11. The molecule has 2 fully saturated rings. The lowest BCUT2D eigenvalue weighted by Gasteiger charge is -2.42. The maximum atomic E-state index is 12.8. The van der Waals surface area contributed by atoms with Gasteiger partial charge in [0, 0.05) is 12.6 Å². The lowest BCUT2D eigenvalue weighted by Crippen LogP contribution is -2.55. The zero-order valence-corrected chi connectivity index (χ0v) is 10.5. The number of carboxylic acids is 1. The lowest BCUT2D eigenvalue weighted by atomic mass is 9.84. The van der Waals surface area contributed by atoms with Gasteiger partial charge in [0.2, 0.25) is 0 Å². The Hall–Kier alpha value is -0.820. The Morgan fingerprint density at radius 2 is 2.05 bits per heavy atom. The van der Waals surface area contributed by atoms with Gasteiger partial charge in [0.1, 0.15) is 6.04 Å². The van der Waals surface area contributed by atoms with E-state index in [1.54, 1.807) is 4.90 Å². The van der Waals surface area contributed by atoms with Crippen molar-refractivity contribution in [1.82, 2.24) is 4.90 Å². The maximum absolute atomic E-state index is 12.8. The van der Waals surface area contributed by atoms with Crippen LogP contribution in [-0.4, -0.2) is 54.0 Å². The van der Waals surface area contributed by atoms with Crippen molar-refractivity contribution >= 4 is 5.97 Å². The topological polar surface area (TPSA) is 49.8 Å². The number of hydrogen-bond acceptors (Lipinski definition) is 3. The maximum Gasteiger partial charge on any atom is 0.391 e. The predicted octanol–water partition coefficient (Wildman–Crippen LogP) is 1.89. The van der Waals surface area contributed by atoms with E-state index in [9.17, 15) is 18.0 Å². The summed E-state index contributed by atoms with van der Waals surface area (Å²) in [6.07, 6.45) is -2.88. The first-order valence-electron chi connectivity index (χ1n) is 6.52. The molecule has 19 heavy (non-hydrogen) atoms. The highest BCUT2D eigenvalue weighted by molar-refractivity contribution is 5.73. The number of rotatable bonds is 2. The van der Waals surface area contributed by atoms with E-state index in [0.717, 1.165) is 0 Å². The minimum atomic E-state index is -4.18. The molecule has 3 atom stereocenters. The highest BCUT2D eigenvalue weighted by Crippen LogP contribution is 2.39. The van der Waals surface area contributed by atoms with Crippen molar-refractivity contribution in [3.05, 3.63) is 0 Å². The van der Waals surface area contributed by atoms with Crippen LogP contribution in [-0.2, 0) is 9.53 Å². The van der Waals surface area contributed by atoms with Gasteiger partial charge in [-0.3, -0.25) is 9.69 Å². The van der Waals surface area contributed by atoms with Crippen LogP contribution in [0.2, 0.25) is 0 Å². The van der Waals surface area contributed by atoms with Gasteiger partial charge in [-0.25, -0.2) is 0 Å². The third-order valence-electron chi connectivity index (χ3n) is 4.03. The zero-order chi connectivity index (χ0) is 14.0. The van der Waals surface area contributed by atoms with Gasteiger partial charge in [-0.05, 0) is 19.3 Å². The summed E-state index contributed by atoms with van der Waals surface area (Å²) in [4.78, 5) is 12.8. The summed E-state index contributed by atoms with van der Waals surface area (Å²) in [7, 11) is 0. The molecule has 4 nitrogen and oxygen atoms in total. The highest BCUT2D eigenvalue weighted by Gasteiger charge is 2.45. The number of carbonyl (C=O) groups is 1. The molecule has 0 amide bonds. The fourth-order valence-electron chi connectivity index (χ4n) is 3.03. The van der Waals surface area contributed by atoms with E-state index in [1.165, 1.54) is 0 Å². The second-order valence-corrected chi connectivity index (χ2v) is 5.23. The van der Waals surface area contributed by atoms with Gasteiger partial charge in [-0.2, -0.15) is 13.2 Å². The van der Waals surface area contributed by atoms with Crippen molar-refractivity contribution < 1.29 is 27.8 Å². The third-order valence-corrected chi connectivity index (χ3v) is 4.03. The summed E-state index contributed by atoms with van der Waals surface area (Å²) in [5.41, 5.74) is 0. The first-order valence-corrected chi connectivity index (χ1v) is 6.52. The van der Waals surface area contributed by atoms with Gasteiger partial charge in [-0.1, -0.05) is 6.42 Å². The Bertz CT molecular complexity index is 335. The van der Waals surface area contributed by atoms with Crippen molar-refractivity contribution in [3.8, 4) is 0 Å². The molecule has 7 heteroatoms. The molecular formula is C12H18F3NO3. The lowest BCUT2D eigenvalue weighted by molar-refractivity contribution is -0.190. The van der Waals surface area contributed by atoms with E-state index < -0.39 is 24.1 Å². The quantitative estimate of drug-likeness (QED) is 0.840. The average Bonchev–Trinajstić information content (AvgIpc) is 2.38. The number of carboxylic acid groups (broad SMARTS) is 1. The minimum Gasteiger partial charge on any atom is -0.480 e. The average molecular weight is 281 g/mol. The molecule has 1 aliphatic heterocycles. The van der Waals surface area contributed by atoms with Crippen LogP contribution < -0.4 is 0 Å². The van der Waals surface area contributed by atoms with Gasteiger partial charge in [-0.15, -0.1) is 0 Å². The van der Waals surface area contributed by atoms with Crippen molar-refractivity contribution in [1.29, 1.82) is 0 Å². The molecule has 2 rings (SSSR count). The van der Waals surface area contributed by atoms with Crippen molar-refractivity contribution in [3.63, 3.8) is 0 Å². The van der Waals surface area contributed by atoms with Crippen LogP contribution in [0.1, 0.15) is 25.7 Å². The molecule has 1 saturated heterocycles. The molecule has 1 saturated carbocycles. The van der Waals surface area contributed by atoms with Crippen LogP contribution in [0, 0.1) is 5.92 Å². The smallest absolute Gasteiger partial charge is 0.391 e. The second-order valence-electron chi connectivity index (χ2n) is 5.23. The van der Waals surface area contributed by atoms with E-state index in [4.69, 9.17) is 9.84 Å². The van der Waals surface area contributed by atoms with Crippen molar-refractivity contribution in [2.24, 2.45) is 5.92 Å². The van der Waals surface area contributed by atoms with Crippen molar-refractivity contribution in [2.45, 2.75) is 43.9 Å². The number of aliphatic carboxylic acids is 1. The largest absolute Gasteiger partial charge is 0.480 e. The zero-order valence-electron chi connectivity index (χ0n) is 10.5. The summed E-state index contributed by atoms with van der Waals surface area (Å²) in [5, 5.41) is 9.12. The molecule has 3 unspecified atom stereocenters. The normalized spacial score (nSPS) is 34.2. The number of ether oxygens (including phenoxy) is 1. The van der Waals surface area contributed by atoms with Crippen LogP contribution in [0.4, 0.5) is 13.2 Å². The Morgan fingerprint density at radius 1 is 1.32 bits per heavy atom. The standard InChI is InChI=1S/C12H18F3NO3/c13-12(14,15)8-2-1-3-9(6-8)16-4-5-19-7-10(16)11(17)18/h8-10H,1-7H2,(H,17,18). The molecule has 0 bridgehead atoms. The summed E-state index contributed by atoms with van der Waals surface area (Å²) in [5.74, 6) is -2.32. The van der Waals surface area contributed by atoms with E-state index in [0.29, 0.717) is 26.0 Å². The first kappa shape index (κ1) is 14.6.